The lowest BCUT2D eigenvalue weighted by atomic mass is 9.85. The van der Waals surface area contributed by atoms with Crippen molar-refractivity contribution in [2.75, 3.05) is 38.2 Å². The molecule has 4 heteroatoms. The summed E-state index contributed by atoms with van der Waals surface area (Å²) in [5.74, 6) is 2.30. The van der Waals surface area contributed by atoms with Crippen molar-refractivity contribution in [3.8, 4) is 5.75 Å². The van der Waals surface area contributed by atoms with Gasteiger partial charge in [-0.05, 0) is 49.5 Å². The molecule has 0 aliphatic carbocycles. The number of methoxy groups -OCH3 is 1. The molecule has 18 heavy (non-hydrogen) atoms. The first-order chi connectivity index (χ1) is 8.76. The summed E-state index contributed by atoms with van der Waals surface area (Å²) in [7, 11) is 1.65. The van der Waals surface area contributed by atoms with E-state index in [1.54, 1.807) is 7.11 Å². The summed E-state index contributed by atoms with van der Waals surface area (Å²) in [5, 5.41) is 4.21. The number of fused-ring (bicyclic) bond motifs is 2. The van der Waals surface area contributed by atoms with Crippen molar-refractivity contribution in [1.82, 2.24) is 5.32 Å². The molecule has 1 aromatic carbocycles. The first-order valence-electron chi connectivity index (χ1n) is 6.55. The predicted octanol–water partition coefficient (Wildman–Crippen LogP) is 2.39. The molecule has 2 fully saturated rings. The molecule has 2 unspecified atom stereocenters. The average Bonchev–Trinajstić information content (AvgIpc) is 2.38. The average molecular weight is 267 g/mol. The van der Waals surface area contributed by atoms with Crippen molar-refractivity contribution in [3.05, 3.63) is 23.2 Å². The third-order valence-corrected chi connectivity index (χ3v) is 4.29. The summed E-state index contributed by atoms with van der Waals surface area (Å²) in [6.45, 7) is 4.56. The molecule has 2 bridgehead atoms. The smallest absolute Gasteiger partial charge is 0.137 e. The highest BCUT2D eigenvalue weighted by atomic mass is 35.5. The second-order valence-corrected chi connectivity index (χ2v) is 5.76. The molecule has 0 aromatic heterocycles. The summed E-state index contributed by atoms with van der Waals surface area (Å²) in [6, 6.07) is 6.09. The molecule has 3 nitrogen and oxygen atoms in total. The van der Waals surface area contributed by atoms with E-state index in [1.165, 1.54) is 12.1 Å². The van der Waals surface area contributed by atoms with Crippen molar-refractivity contribution >= 4 is 17.3 Å². The largest absolute Gasteiger partial charge is 0.495 e. The summed E-state index contributed by atoms with van der Waals surface area (Å²) in [4.78, 5) is 2.46. The minimum atomic E-state index is 0.698. The quantitative estimate of drug-likeness (QED) is 0.890. The van der Waals surface area contributed by atoms with Gasteiger partial charge in [-0.25, -0.2) is 0 Å². The Hall–Kier alpha value is -0.930. The van der Waals surface area contributed by atoms with Crippen molar-refractivity contribution in [2.45, 2.75) is 6.42 Å². The second kappa shape index (κ2) is 4.98. The van der Waals surface area contributed by atoms with Crippen LogP contribution in [0.5, 0.6) is 5.75 Å². The van der Waals surface area contributed by atoms with Crippen LogP contribution in [0.1, 0.15) is 6.42 Å². The van der Waals surface area contributed by atoms with Crippen molar-refractivity contribution in [1.29, 1.82) is 0 Å². The Morgan fingerprint density at radius 1 is 1.28 bits per heavy atom. The maximum atomic E-state index is 6.21. The maximum absolute atomic E-state index is 6.21. The Balaban J connectivity index is 1.80. The molecule has 2 saturated heterocycles. The highest BCUT2D eigenvalue weighted by molar-refractivity contribution is 6.32. The number of anilines is 1. The van der Waals surface area contributed by atoms with E-state index in [2.05, 4.69) is 16.3 Å². The van der Waals surface area contributed by atoms with Gasteiger partial charge in [0.05, 0.1) is 12.1 Å². The van der Waals surface area contributed by atoms with Crippen molar-refractivity contribution in [2.24, 2.45) is 11.8 Å². The van der Waals surface area contributed by atoms with E-state index in [9.17, 15) is 0 Å². The van der Waals surface area contributed by atoms with Crippen LogP contribution < -0.4 is 15.0 Å². The number of nitrogens with one attached hydrogen (secondary N) is 1. The number of benzene rings is 1. The van der Waals surface area contributed by atoms with E-state index < -0.39 is 0 Å². The van der Waals surface area contributed by atoms with Crippen LogP contribution in [-0.2, 0) is 0 Å². The fraction of sp³-hybridized carbons (Fsp3) is 0.571. The third-order valence-electron chi connectivity index (χ3n) is 3.99. The molecule has 2 atom stereocenters. The third kappa shape index (κ3) is 2.29. The van der Waals surface area contributed by atoms with Gasteiger partial charge < -0.3 is 15.0 Å². The fourth-order valence-corrected chi connectivity index (χ4v) is 3.42. The standard InChI is InChI=1S/C14H19ClN2O/c1-18-14-3-2-12(5-13(14)15)17-8-10-4-11(9-17)7-16-6-10/h2-3,5,10-11,16H,4,6-9H2,1H3. The summed E-state index contributed by atoms with van der Waals surface area (Å²) in [5.41, 5.74) is 1.22. The zero-order chi connectivity index (χ0) is 12.5. The normalized spacial score (nSPS) is 27.1. The molecule has 2 aliphatic heterocycles. The van der Waals surface area contributed by atoms with Crippen LogP contribution in [0.2, 0.25) is 5.02 Å². The van der Waals surface area contributed by atoms with Crippen molar-refractivity contribution in [3.63, 3.8) is 0 Å². The van der Waals surface area contributed by atoms with E-state index in [4.69, 9.17) is 16.3 Å². The zero-order valence-electron chi connectivity index (χ0n) is 10.7. The number of ether oxygens (including phenoxy) is 1. The molecule has 0 radical (unpaired) electrons. The maximum Gasteiger partial charge on any atom is 0.137 e. The Labute approximate surface area is 113 Å². The van der Waals surface area contributed by atoms with Gasteiger partial charge in [0, 0.05) is 18.8 Å². The molecule has 1 N–H and O–H groups in total. The number of halogens is 1. The lowest BCUT2D eigenvalue weighted by Gasteiger charge is -2.42. The van der Waals surface area contributed by atoms with E-state index in [1.807, 2.05) is 12.1 Å². The van der Waals surface area contributed by atoms with E-state index in [-0.39, 0.29) is 0 Å². The number of hydrogen-bond acceptors (Lipinski definition) is 3. The summed E-state index contributed by atoms with van der Waals surface area (Å²) in [6.07, 6.45) is 1.37. The van der Waals surface area contributed by atoms with Crippen LogP contribution in [0.3, 0.4) is 0 Å². The first kappa shape index (κ1) is 12.1. The van der Waals surface area contributed by atoms with Crippen LogP contribution in [0, 0.1) is 11.8 Å². The van der Waals surface area contributed by atoms with E-state index in [0.717, 1.165) is 43.8 Å². The van der Waals surface area contributed by atoms with Gasteiger partial charge in [-0.15, -0.1) is 0 Å². The number of rotatable bonds is 2. The molecular weight excluding hydrogens is 248 g/mol. The summed E-state index contributed by atoms with van der Waals surface area (Å²) < 4.78 is 5.20. The lowest BCUT2D eigenvalue weighted by Crippen LogP contribution is -2.51. The zero-order valence-corrected chi connectivity index (χ0v) is 11.4. The molecule has 0 spiro atoms. The molecule has 98 valence electrons. The predicted molar refractivity (Wildman–Crippen MR) is 74.7 cm³/mol. The van der Waals surface area contributed by atoms with Crippen LogP contribution >= 0.6 is 11.6 Å². The molecule has 3 rings (SSSR count). The van der Waals surface area contributed by atoms with Gasteiger partial charge in [0.15, 0.2) is 0 Å². The molecule has 0 amide bonds. The first-order valence-corrected chi connectivity index (χ1v) is 6.93. The van der Waals surface area contributed by atoms with Crippen LogP contribution in [0.4, 0.5) is 5.69 Å². The Kier molecular flexibility index (Phi) is 3.35. The van der Waals surface area contributed by atoms with Gasteiger partial charge in [-0.3, -0.25) is 0 Å². The van der Waals surface area contributed by atoms with E-state index in [0.29, 0.717) is 5.02 Å². The second-order valence-electron chi connectivity index (χ2n) is 5.35. The van der Waals surface area contributed by atoms with E-state index >= 15 is 0 Å². The van der Waals surface area contributed by atoms with Crippen molar-refractivity contribution < 1.29 is 4.74 Å². The van der Waals surface area contributed by atoms with Gasteiger partial charge >= 0.3 is 0 Å². The van der Waals surface area contributed by atoms with Gasteiger partial charge in [0.2, 0.25) is 0 Å². The fourth-order valence-electron chi connectivity index (χ4n) is 3.17. The highest BCUT2D eigenvalue weighted by Gasteiger charge is 2.30. The molecular formula is C14H19ClN2O. The van der Waals surface area contributed by atoms with Gasteiger partial charge in [-0.2, -0.15) is 0 Å². The lowest BCUT2D eigenvalue weighted by molar-refractivity contribution is 0.250. The molecule has 0 saturated carbocycles. The highest BCUT2D eigenvalue weighted by Crippen LogP contribution is 2.33. The topological polar surface area (TPSA) is 24.5 Å². The van der Waals surface area contributed by atoms with Gasteiger partial charge in [-0.1, -0.05) is 11.6 Å². The molecule has 2 aliphatic rings. The van der Waals surface area contributed by atoms with Gasteiger partial charge in [0.25, 0.3) is 0 Å². The summed E-state index contributed by atoms with van der Waals surface area (Å²) >= 11 is 6.21. The minimum absolute atomic E-state index is 0.698. The van der Waals surface area contributed by atoms with Crippen LogP contribution in [0.15, 0.2) is 18.2 Å². The number of piperidine rings is 2. The Morgan fingerprint density at radius 2 is 2.00 bits per heavy atom. The Bertz CT molecular complexity index is 426. The molecule has 2 heterocycles. The monoisotopic (exact) mass is 266 g/mol. The number of nitrogens with zero attached hydrogens (tertiary/aromatic N) is 1. The molecule has 1 aromatic rings. The SMILES string of the molecule is COc1ccc(N2CC3CNCC(C3)C2)cc1Cl. The van der Waals surface area contributed by atoms with Crippen LogP contribution in [-0.4, -0.2) is 33.3 Å². The van der Waals surface area contributed by atoms with Gasteiger partial charge in [0.1, 0.15) is 5.75 Å². The van der Waals surface area contributed by atoms with Crippen LogP contribution in [0.25, 0.3) is 0 Å². The minimum Gasteiger partial charge on any atom is -0.495 e. The number of hydrogen-bond donors (Lipinski definition) is 1. The Morgan fingerprint density at radius 3 is 2.61 bits per heavy atom.